The van der Waals surface area contributed by atoms with E-state index in [4.69, 9.17) is 4.74 Å². The van der Waals surface area contributed by atoms with E-state index >= 15 is 0 Å². The van der Waals surface area contributed by atoms with Crippen molar-refractivity contribution < 1.29 is 19.4 Å². The second-order valence-electron chi connectivity index (χ2n) is 4.16. The van der Waals surface area contributed by atoms with Crippen molar-refractivity contribution in [1.82, 2.24) is 0 Å². The van der Waals surface area contributed by atoms with Gasteiger partial charge < -0.3 is 9.84 Å². The zero-order chi connectivity index (χ0) is 13.5. The van der Waals surface area contributed by atoms with Crippen molar-refractivity contribution in [3.63, 3.8) is 0 Å². The van der Waals surface area contributed by atoms with Crippen molar-refractivity contribution in [3.05, 3.63) is 0 Å². The summed E-state index contributed by atoms with van der Waals surface area (Å²) in [5.41, 5.74) is -1.39. The summed E-state index contributed by atoms with van der Waals surface area (Å²) in [5.74, 6) is -1.70. The van der Waals surface area contributed by atoms with Crippen molar-refractivity contribution >= 4 is 27.9 Å². The summed E-state index contributed by atoms with van der Waals surface area (Å²) >= 11 is 3.25. The third-order valence-corrected chi connectivity index (χ3v) is 3.58. The smallest absolute Gasteiger partial charge is 0.323 e. The average Bonchev–Trinajstić information content (AvgIpc) is 2.29. The highest BCUT2D eigenvalue weighted by Crippen LogP contribution is 2.31. The number of halogens is 1. The highest BCUT2D eigenvalue weighted by Gasteiger charge is 2.45. The second-order valence-corrected chi connectivity index (χ2v) is 4.95. The monoisotopic (exact) mass is 308 g/mol. The van der Waals surface area contributed by atoms with Gasteiger partial charge in [0.2, 0.25) is 0 Å². The Morgan fingerprint density at radius 2 is 2.00 bits per heavy atom. The van der Waals surface area contributed by atoms with E-state index in [1.165, 1.54) is 0 Å². The first-order valence-electron chi connectivity index (χ1n) is 5.95. The molecule has 0 aromatic rings. The summed E-state index contributed by atoms with van der Waals surface area (Å²) in [5, 5.41) is 9.97. The quantitative estimate of drug-likeness (QED) is 0.425. The molecular weight excluding hydrogens is 288 g/mol. The van der Waals surface area contributed by atoms with Crippen LogP contribution in [0.2, 0.25) is 0 Å². The fourth-order valence-corrected chi connectivity index (χ4v) is 1.80. The highest BCUT2D eigenvalue weighted by atomic mass is 79.9. The van der Waals surface area contributed by atoms with Crippen LogP contribution in [0.15, 0.2) is 0 Å². The fourth-order valence-electron chi connectivity index (χ4n) is 1.52. The van der Waals surface area contributed by atoms with Gasteiger partial charge in [0.15, 0.2) is 5.41 Å². The number of esters is 1. The highest BCUT2D eigenvalue weighted by molar-refractivity contribution is 9.09. The van der Waals surface area contributed by atoms with E-state index in [1.807, 2.05) is 6.92 Å². The maximum absolute atomic E-state index is 12.0. The van der Waals surface area contributed by atoms with Crippen LogP contribution >= 0.6 is 15.9 Å². The first-order valence-corrected chi connectivity index (χ1v) is 7.07. The fraction of sp³-hybridized carbons (Fsp3) is 0.833. The van der Waals surface area contributed by atoms with Crippen LogP contribution in [-0.4, -0.2) is 28.5 Å². The molecule has 5 heteroatoms. The summed E-state index contributed by atoms with van der Waals surface area (Å²) in [7, 11) is 0. The van der Waals surface area contributed by atoms with Crippen molar-refractivity contribution in [2.75, 3.05) is 5.33 Å². The molecular formula is C12H21BrO4. The maximum Gasteiger partial charge on any atom is 0.323 e. The molecule has 0 radical (unpaired) electrons. The van der Waals surface area contributed by atoms with Gasteiger partial charge in [0.25, 0.3) is 0 Å². The summed E-state index contributed by atoms with van der Waals surface area (Å²) in [4.78, 5) is 23.3. The van der Waals surface area contributed by atoms with Gasteiger partial charge in [-0.05, 0) is 32.6 Å². The van der Waals surface area contributed by atoms with E-state index in [-0.39, 0.29) is 12.5 Å². The molecule has 2 atom stereocenters. The van der Waals surface area contributed by atoms with Gasteiger partial charge in [0.05, 0.1) is 6.10 Å². The lowest BCUT2D eigenvalue weighted by Gasteiger charge is -2.27. The third-order valence-electron chi connectivity index (χ3n) is 3.02. The Labute approximate surface area is 111 Å². The van der Waals surface area contributed by atoms with Crippen LogP contribution in [0.25, 0.3) is 0 Å². The van der Waals surface area contributed by atoms with Crippen molar-refractivity contribution in [1.29, 1.82) is 0 Å². The Hall–Kier alpha value is -0.580. The average molecular weight is 309 g/mol. The Balaban J connectivity index is 4.88. The molecule has 2 unspecified atom stereocenters. The van der Waals surface area contributed by atoms with E-state index in [0.717, 1.165) is 0 Å². The molecule has 4 nitrogen and oxygen atoms in total. The number of hydrogen-bond acceptors (Lipinski definition) is 3. The SMILES string of the molecule is CCC(C)OC(=O)C(CC)(CCCBr)C(=O)O. The maximum atomic E-state index is 12.0. The molecule has 0 fully saturated rings. The number of ether oxygens (including phenoxy) is 1. The Kier molecular flexibility index (Phi) is 7.43. The third kappa shape index (κ3) is 4.30. The van der Waals surface area contributed by atoms with E-state index < -0.39 is 17.4 Å². The summed E-state index contributed by atoms with van der Waals surface area (Å²) in [6.45, 7) is 5.37. The Bertz CT molecular complexity index is 267. The molecule has 0 aromatic heterocycles. The molecule has 0 aliphatic heterocycles. The molecule has 0 heterocycles. The normalized spacial score (nSPS) is 16.0. The molecule has 17 heavy (non-hydrogen) atoms. The number of carboxylic acid groups (broad SMARTS) is 1. The molecule has 0 bridgehead atoms. The molecule has 0 aliphatic carbocycles. The van der Waals surface area contributed by atoms with Crippen LogP contribution in [0.1, 0.15) is 46.5 Å². The molecule has 0 aromatic carbocycles. The van der Waals surface area contributed by atoms with Gasteiger partial charge in [-0.25, -0.2) is 0 Å². The standard InChI is InChI=1S/C12H21BrO4/c1-4-9(3)17-11(16)12(5-2,10(14)15)7-6-8-13/h9H,4-8H2,1-3H3,(H,14,15). The number of carbonyl (C=O) groups excluding carboxylic acids is 1. The number of aliphatic carboxylic acids is 1. The molecule has 0 rings (SSSR count). The van der Waals surface area contributed by atoms with Gasteiger partial charge in [-0.3, -0.25) is 9.59 Å². The first-order chi connectivity index (χ1) is 7.94. The van der Waals surface area contributed by atoms with Crippen molar-refractivity contribution in [2.24, 2.45) is 5.41 Å². The molecule has 0 amide bonds. The predicted molar refractivity (Wildman–Crippen MR) is 69.2 cm³/mol. The molecule has 1 N–H and O–H groups in total. The number of carbonyl (C=O) groups is 2. The number of alkyl halides is 1. The lowest BCUT2D eigenvalue weighted by Crippen LogP contribution is -2.41. The molecule has 100 valence electrons. The summed E-state index contributed by atoms with van der Waals surface area (Å²) < 4.78 is 5.18. The minimum Gasteiger partial charge on any atom is -0.480 e. The Morgan fingerprint density at radius 1 is 1.41 bits per heavy atom. The van der Waals surface area contributed by atoms with Crippen LogP contribution in [0.3, 0.4) is 0 Å². The van der Waals surface area contributed by atoms with Gasteiger partial charge in [0, 0.05) is 5.33 Å². The van der Waals surface area contributed by atoms with E-state index in [1.54, 1.807) is 13.8 Å². The van der Waals surface area contributed by atoms with Gasteiger partial charge in [-0.1, -0.05) is 29.8 Å². The van der Waals surface area contributed by atoms with Crippen molar-refractivity contribution in [3.8, 4) is 0 Å². The second kappa shape index (κ2) is 7.69. The van der Waals surface area contributed by atoms with Crippen LogP contribution < -0.4 is 0 Å². The van der Waals surface area contributed by atoms with Crippen LogP contribution in [0, 0.1) is 5.41 Å². The molecule has 0 saturated heterocycles. The number of hydrogen-bond donors (Lipinski definition) is 1. The largest absolute Gasteiger partial charge is 0.480 e. The summed E-state index contributed by atoms with van der Waals surface area (Å²) in [6, 6.07) is 0. The first kappa shape index (κ1) is 16.4. The van der Waals surface area contributed by atoms with Gasteiger partial charge in [0.1, 0.15) is 0 Å². The molecule has 0 spiro atoms. The van der Waals surface area contributed by atoms with E-state index in [2.05, 4.69) is 15.9 Å². The Morgan fingerprint density at radius 3 is 2.35 bits per heavy atom. The molecule has 0 aliphatic rings. The minimum absolute atomic E-state index is 0.239. The predicted octanol–water partition coefficient (Wildman–Crippen LogP) is 2.98. The van der Waals surface area contributed by atoms with Crippen LogP contribution in [-0.2, 0) is 14.3 Å². The van der Waals surface area contributed by atoms with Crippen LogP contribution in [0.4, 0.5) is 0 Å². The molecule has 0 saturated carbocycles. The van der Waals surface area contributed by atoms with Gasteiger partial charge in [-0.15, -0.1) is 0 Å². The minimum atomic E-state index is -1.39. The lowest BCUT2D eigenvalue weighted by atomic mass is 9.81. The van der Waals surface area contributed by atoms with Crippen LogP contribution in [0.5, 0.6) is 0 Å². The van der Waals surface area contributed by atoms with E-state index in [0.29, 0.717) is 24.6 Å². The lowest BCUT2D eigenvalue weighted by molar-refractivity contribution is -0.173. The topological polar surface area (TPSA) is 63.6 Å². The zero-order valence-electron chi connectivity index (χ0n) is 10.7. The van der Waals surface area contributed by atoms with Gasteiger partial charge >= 0.3 is 11.9 Å². The zero-order valence-corrected chi connectivity index (χ0v) is 12.2. The van der Waals surface area contributed by atoms with E-state index in [9.17, 15) is 14.7 Å². The number of carboxylic acids is 1. The number of rotatable bonds is 8. The van der Waals surface area contributed by atoms with Crippen molar-refractivity contribution in [2.45, 2.75) is 52.6 Å². The summed E-state index contributed by atoms with van der Waals surface area (Å²) in [6.07, 6.45) is 1.64. The van der Waals surface area contributed by atoms with Gasteiger partial charge in [-0.2, -0.15) is 0 Å².